The topological polar surface area (TPSA) is 67.2 Å². The van der Waals surface area contributed by atoms with Gasteiger partial charge in [0.1, 0.15) is 5.75 Å². The van der Waals surface area contributed by atoms with Gasteiger partial charge in [0.15, 0.2) is 0 Å². The molecule has 0 radical (unpaired) electrons. The van der Waals surface area contributed by atoms with Crippen molar-refractivity contribution >= 4 is 5.69 Å². The monoisotopic (exact) mass is 272 g/mol. The smallest absolute Gasteiger partial charge is 0.128 e. The summed E-state index contributed by atoms with van der Waals surface area (Å²) in [7, 11) is 1.69. The number of anilines is 1. The number of ether oxygens (including phenoxy) is 1. The van der Waals surface area contributed by atoms with Gasteiger partial charge in [-0.3, -0.25) is 5.10 Å². The van der Waals surface area contributed by atoms with Crippen LogP contribution in [0.25, 0.3) is 11.3 Å². The SMILES string of the molecule is COc1ccccc1-c1[nH]ncc1N1CCC(N)CC1. The standard InChI is InChI=1S/C15H20N4O/c1-20-14-5-3-2-4-12(14)15-13(10-17-18-15)19-8-6-11(16)7-9-19/h2-5,10-11H,6-9,16H2,1H3,(H,17,18). The minimum Gasteiger partial charge on any atom is -0.496 e. The second-order valence-electron chi connectivity index (χ2n) is 5.16. The third-order valence-corrected chi connectivity index (χ3v) is 3.88. The lowest BCUT2D eigenvalue weighted by Crippen LogP contribution is -2.39. The zero-order valence-electron chi connectivity index (χ0n) is 11.7. The second-order valence-corrected chi connectivity index (χ2v) is 5.16. The largest absolute Gasteiger partial charge is 0.496 e. The van der Waals surface area contributed by atoms with Gasteiger partial charge < -0.3 is 15.4 Å². The summed E-state index contributed by atoms with van der Waals surface area (Å²) in [6.07, 6.45) is 3.94. The molecule has 2 aromatic rings. The van der Waals surface area contributed by atoms with Crippen LogP contribution in [0, 0.1) is 0 Å². The molecule has 1 fully saturated rings. The van der Waals surface area contributed by atoms with Gasteiger partial charge in [0.05, 0.1) is 24.7 Å². The van der Waals surface area contributed by atoms with Gasteiger partial charge in [-0.15, -0.1) is 0 Å². The van der Waals surface area contributed by atoms with Gasteiger partial charge in [-0.2, -0.15) is 5.10 Å². The Morgan fingerprint density at radius 2 is 2.05 bits per heavy atom. The van der Waals surface area contributed by atoms with Gasteiger partial charge in [-0.25, -0.2) is 0 Å². The predicted octanol–water partition coefficient (Wildman–Crippen LogP) is 2.01. The van der Waals surface area contributed by atoms with E-state index in [-0.39, 0.29) is 0 Å². The first-order valence-corrected chi connectivity index (χ1v) is 6.97. The maximum absolute atomic E-state index is 5.98. The third-order valence-electron chi connectivity index (χ3n) is 3.88. The number of H-pyrrole nitrogens is 1. The van der Waals surface area contributed by atoms with E-state index in [1.54, 1.807) is 7.11 Å². The number of hydrogen-bond acceptors (Lipinski definition) is 4. The Hall–Kier alpha value is -2.01. The van der Waals surface area contributed by atoms with Crippen LogP contribution < -0.4 is 15.4 Å². The highest BCUT2D eigenvalue weighted by atomic mass is 16.5. The van der Waals surface area contributed by atoms with Crippen LogP contribution in [0.1, 0.15) is 12.8 Å². The molecule has 106 valence electrons. The van der Waals surface area contributed by atoms with Crippen molar-refractivity contribution in [2.45, 2.75) is 18.9 Å². The molecule has 1 aliphatic rings. The maximum atomic E-state index is 5.98. The van der Waals surface area contributed by atoms with Crippen LogP contribution in [0.3, 0.4) is 0 Å². The molecule has 0 atom stereocenters. The summed E-state index contributed by atoms with van der Waals surface area (Å²) in [5.41, 5.74) is 9.15. The molecule has 0 bridgehead atoms. The van der Waals surface area contributed by atoms with Crippen LogP contribution in [0.2, 0.25) is 0 Å². The van der Waals surface area contributed by atoms with Crippen molar-refractivity contribution in [1.29, 1.82) is 0 Å². The van der Waals surface area contributed by atoms with Gasteiger partial charge in [0.2, 0.25) is 0 Å². The number of methoxy groups -OCH3 is 1. The Balaban J connectivity index is 1.94. The van der Waals surface area contributed by atoms with E-state index in [1.807, 2.05) is 30.5 Å². The Bertz CT molecular complexity index is 573. The zero-order chi connectivity index (χ0) is 13.9. The fraction of sp³-hybridized carbons (Fsp3) is 0.400. The summed E-state index contributed by atoms with van der Waals surface area (Å²) >= 11 is 0. The fourth-order valence-electron chi connectivity index (χ4n) is 2.71. The van der Waals surface area contributed by atoms with Crippen molar-refractivity contribution in [3.8, 4) is 17.0 Å². The number of aromatic amines is 1. The summed E-state index contributed by atoms with van der Waals surface area (Å²) in [4.78, 5) is 2.34. The molecule has 1 aliphatic heterocycles. The number of nitrogens with zero attached hydrogens (tertiary/aromatic N) is 2. The normalized spacial score (nSPS) is 16.4. The van der Waals surface area contributed by atoms with Crippen molar-refractivity contribution in [1.82, 2.24) is 10.2 Å². The minimum atomic E-state index is 0.327. The lowest BCUT2D eigenvalue weighted by Gasteiger charge is -2.31. The van der Waals surface area contributed by atoms with Gasteiger partial charge in [0, 0.05) is 24.7 Å². The minimum absolute atomic E-state index is 0.327. The number of rotatable bonds is 3. The lowest BCUT2D eigenvalue weighted by atomic mass is 10.0. The summed E-state index contributed by atoms with van der Waals surface area (Å²) in [5, 5.41) is 7.32. The third kappa shape index (κ3) is 2.36. The summed E-state index contributed by atoms with van der Waals surface area (Å²) in [6, 6.07) is 8.32. The molecule has 1 aromatic carbocycles. The molecule has 0 amide bonds. The summed E-state index contributed by atoms with van der Waals surface area (Å²) in [5.74, 6) is 0.853. The Kier molecular flexibility index (Phi) is 3.60. The highest BCUT2D eigenvalue weighted by Gasteiger charge is 2.21. The molecule has 3 N–H and O–H groups in total. The average molecular weight is 272 g/mol. The second kappa shape index (κ2) is 5.54. The number of nitrogens with two attached hydrogens (primary N) is 1. The molecular weight excluding hydrogens is 252 g/mol. The Labute approximate surface area is 118 Å². The molecule has 0 unspecified atom stereocenters. The molecule has 2 heterocycles. The first-order chi connectivity index (χ1) is 9.79. The molecule has 3 rings (SSSR count). The van der Waals surface area contributed by atoms with Gasteiger partial charge in [-0.05, 0) is 25.0 Å². The van der Waals surface area contributed by atoms with E-state index in [0.717, 1.165) is 48.6 Å². The van der Waals surface area contributed by atoms with Crippen molar-refractivity contribution in [2.75, 3.05) is 25.1 Å². The maximum Gasteiger partial charge on any atom is 0.128 e. The predicted molar refractivity (Wildman–Crippen MR) is 80.0 cm³/mol. The van der Waals surface area contributed by atoms with E-state index in [9.17, 15) is 0 Å². The van der Waals surface area contributed by atoms with E-state index in [2.05, 4.69) is 15.1 Å². The van der Waals surface area contributed by atoms with E-state index in [0.29, 0.717) is 6.04 Å². The molecule has 0 spiro atoms. The van der Waals surface area contributed by atoms with Gasteiger partial charge in [0.25, 0.3) is 0 Å². The molecule has 20 heavy (non-hydrogen) atoms. The quantitative estimate of drug-likeness (QED) is 0.897. The van der Waals surface area contributed by atoms with Crippen LogP contribution >= 0.6 is 0 Å². The lowest BCUT2D eigenvalue weighted by molar-refractivity contribution is 0.416. The fourth-order valence-corrected chi connectivity index (χ4v) is 2.71. The van der Waals surface area contributed by atoms with Crippen LogP contribution in [-0.4, -0.2) is 36.4 Å². The van der Waals surface area contributed by atoms with Crippen molar-refractivity contribution in [2.24, 2.45) is 5.73 Å². The van der Waals surface area contributed by atoms with Crippen molar-refractivity contribution in [3.63, 3.8) is 0 Å². The zero-order valence-corrected chi connectivity index (χ0v) is 11.7. The van der Waals surface area contributed by atoms with E-state index in [4.69, 9.17) is 10.5 Å². The van der Waals surface area contributed by atoms with Crippen LogP contribution in [-0.2, 0) is 0 Å². The van der Waals surface area contributed by atoms with E-state index < -0.39 is 0 Å². The van der Waals surface area contributed by atoms with Crippen molar-refractivity contribution in [3.05, 3.63) is 30.5 Å². The number of para-hydroxylation sites is 1. The van der Waals surface area contributed by atoms with E-state index >= 15 is 0 Å². The molecular formula is C15H20N4O. The molecule has 0 aliphatic carbocycles. The molecule has 1 saturated heterocycles. The molecule has 5 heteroatoms. The number of aromatic nitrogens is 2. The summed E-state index contributed by atoms with van der Waals surface area (Å²) in [6.45, 7) is 1.95. The number of piperidine rings is 1. The number of benzene rings is 1. The summed E-state index contributed by atoms with van der Waals surface area (Å²) < 4.78 is 5.44. The Morgan fingerprint density at radius 1 is 1.30 bits per heavy atom. The van der Waals surface area contributed by atoms with Gasteiger partial charge >= 0.3 is 0 Å². The average Bonchev–Trinajstić information content (AvgIpc) is 2.97. The molecule has 5 nitrogen and oxygen atoms in total. The van der Waals surface area contributed by atoms with Crippen LogP contribution in [0.5, 0.6) is 5.75 Å². The molecule has 0 saturated carbocycles. The number of nitrogens with one attached hydrogen (secondary N) is 1. The first-order valence-electron chi connectivity index (χ1n) is 6.97. The Morgan fingerprint density at radius 3 is 2.80 bits per heavy atom. The number of hydrogen-bond donors (Lipinski definition) is 2. The highest BCUT2D eigenvalue weighted by molar-refractivity contribution is 5.78. The van der Waals surface area contributed by atoms with Gasteiger partial charge in [-0.1, -0.05) is 12.1 Å². The van der Waals surface area contributed by atoms with Crippen molar-refractivity contribution < 1.29 is 4.74 Å². The highest BCUT2D eigenvalue weighted by Crippen LogP contribution is 2.35. The van der Waals surface area contributed by atoms with Crippen LogP contribution in [0.15, 0.2) is 30.5 Å². The van der Waals surface area contributed by atoms with E-state index in [1.165, 1.54) is 0 Å². The molecule has 1 aromatic heterocycles. The van der Waals surface area contributed by atoms with Crippen LogP contribution in [0.4, 0.5) is 5.69 Å². The first kappa shape index (κ1) is 13.0.